The molecule has 0 bridgehead atoms. The fraction of sp³-hybridized carbons (Fsp3) is 0.350. The predicted molar refractivity (Wildman–Crippen MR) is 106 cm³/mol. The maximum Gasteiger partial charge on any atom is 0.324 e. The molecule has 0 aliphatic carbocycles. The summed E-state index contributed by atoms with van der Waals surface area (Å²) in [6, 6.07) is 7.82. The van der Waals surface area contributed by atoms with Gasteiger partial charge in [0.15, 0.2) is 0 Å². The van der Waals surface area contributed by atoms with Crippen LogP contribution in [0, 0.1) is 27.7 Å². The summed E-state index contributed by atoms with van der Waals surface area (Å²) in [5.74, 6) is -0.645. The summed E-state index contributed by atoms with van der Waals surface area (Å²) < 4.78 is 33.4. The summed E-state index contributed by atoms with van der Waals surface area (Å²) in [7, 11) is -3.87. The zero-order valence-electron chi connectivity index (χ0n) is 16.1. The highest BCUT2D eigenvalue weighted by Gasteiger charge is 2.27. The van der Waals surface area contributed by atoms with Crippen LogP contribution in [0.1, 0.15) is 34.7 Å². The van der Waals surface area contributed by atoms with Gasteiger partial charge in [-0.3, -0.25) is 4.79 Å². The van der Waals surface area contributed by atoms with Crippen molar-refractivity contribution in [3.05, 3.63) is 63.2 Å². The summed E-state index contributed by atoms with van der Waals surface area (Å²) in [5, 5.41) is 0.588. The third kappa shape index (κ3) is 5.09. The van der Waals surface area contributed by atoms with Gasteiger partial charge < -0.3 is 4.74 Å². The van der Waals surface area contributed by atoms with Gasteiger partial charge in [0, 0.05) is 5.02 Å². The Labute approximate surface area is 165 Å². The Balaban J connectivity index is 2.13. The van der Waals surface area contributed by atoms with Crippen molar-refractivity contribution in [3.8, 4) is 0 Å². The van der Waals surface area contributed by atoms with Gasteiger partial charge in [0.25, 0.3) is 0 Å². The van der Waals surface area contributed by atoms with Crippen LogP contribution in [0.15, 0.2) is 35.2 Å². The van der Waals surface area contributed by atoms with Crippen LogP contribution in [0.5, 0.6) is 0 Å². The number of nitrogens with one attached hydrogen (secondary N) is 1. The van der Waals surface area contributed by atoms with Gasteiger partial charge in [0.1, 0.15) is 12.6 Å². The lowest BCUT2D eigenvalue weighted by Gasteiger charge is -2.18. The van der Waals surface area contributed by atoms with E-state index >= 15 is 0 Å². The highest BCUT2D eigenvalue weighted by molar-refractivity contribution is 7.89. The van der Waals surface area contributed by atoms with Crippen molar-refractivity contribution in [2.75, 3.05) is 0 Å². The van der Waals surface area contributed by atoms with Crippen molar-refractivity contribution in [2.45, 2.75) is 52.2 Å². The van der Waals surface area contributed by atoms with Crippen molar-refractivity contribution in [3.63, 3.8) is 0 Å². The van der Waals surface area contributed by atoms with Gasteiger partial charge in [-0.05, 0) is 74.6 Å². The van der Waals surface area contributed by atoms with E-state index in [9.17, 15) is 13.2 Å². The molecule has 0 radical (unpaired) electrons. The van der Waals surface area contributed by atoms with E-state index in [2.05, 4.69) is 4.72 Å². The quantitative estimate of drug-likeness (QED) is 0.732. The molecule has 0 spiro atoms. The van der Waals surface area contributed by atoms with Crippen LogP contribution in [-0.4, -0.2) is 20.4 Å². The molecule has 1 N–H and O–H groups in total. The molecular weight excluding hydrogens is 386 g/mol. The molecule has 27 heavy (non-hydrogen) atoms. The Bertz CT molecular complexity index is 927. The Hall–Kier alpha value is -1.89. The zero-order valence-corrected chi connectivity index (χ0v) is 17.7. The van der Waals surface area contributed by atoms with Gasteiger partial charge in [-0.25, -0.2) is 8.42 Å². The highest BCUT2D eigenvalue weighted by Crippen LogP contribution is 2.26. The first-order valence-electron chi connectivity index (χ1n) is 8.53. The van der Waals surface area contributed by atoms with Crippen LogP contribution in [-0.2, 0) is 26.2 Å². The second-order valence-electron chi connectivity index (χ2n) is 6.67. The molecule has 0 aliphatic heterocycles. The molecule has 7 heteroatoms. The maximum atomic E-state index is 12.9. The minimum Gasteiger partial charge on any atom is -0.460 e. The van der Waals surface area contributed by atoms with Crippen molar-refractivity contribution in [1.82, 2.24) is 4.72 Å². The number of benzene rings is 2. The number of aryl methyl sites for hydroxylation is 2. The van der Waals surface area contributed by atoms with E-state index in [-0.39, 0.29) is 11.5 Å². The normalized spacial score (nSPS) is 12.7. The Morgan fingerprint density at radius 2 is 1.59 bits per heavy atom. The van der Waals surface area contributed by atoms with E-state index in [4.69, 9.17) is 16.3 Å². The van der Waals surface area contributed by atoms with Crippen LogP contribution < -0.4 is 4.72 Å². The second kappa shape index (κ2) is 8.42. The van der Waals surface area contributed by atoms with Gasteiger partial charge in [0.05, 0.1) is 4.90 Å². The molecule has 146 valence electrons. The average molecular weight is 410 g/mol. The van der Waals surface area contributed by atoms with Crippen LogP contribution >= 0.6 is 11.6 Å². The van der Waals surface area contributed by atoms with E-state index in [1.165, 1.54) is 6.92 Å². The van der Waals surface area contributed by atoms with Crippen molar-refractivity contribution >= 4 is 27.6 Å². The number of hydrogen-bond acceptors (Lipinski definition) is 4. The van der Waals surface area contributed by atoms with Crippen molar-refractivity contribution in [2.24, 2.45) is 0 Å². The molecule has 0 fully saturated rings. The maximum absolute atomic E-state index is 12.9. The molecule has 0 unspecified atom stereocenters. The molecule has 0 heterocycles. The average Bonchev–Trinajstić information content (AvgIpc) is 2.58. The number of esters is 1. The number of halogens is 1. The smallest absolute Gasteiger partial charge is 0.324 e. The SMILES string of the molecule is Cc1cc(C)c(C)c(S(=O)(=O)N[C@@H](C)C(=O)OCc2ccc(Cl)cc2)c1C. The summed E-state index contributed by atoms with van der Waals surface area (Å²) in [4.78, 5) is 12.4. The summed E-state index contributed by atoms with van der Waals surface area (Å²) in [6.45, 7) is 8.77. The second-order valence-corrected chi connectivity index (χ2v) is 8.75. The molecule has 5 nitrogen and oxygen atoms in total. The van der Waals surface area contributed by atoms with Gasteiger partial charge in [-0.2, -0.15) is 4.72 Å². The lowest BCUT2D eigenvalue weighted by atomic mass is 10.0. The summed E-state index contributed by atoms with van der Waals surface area (Å²) in [5.41, 5.74) is 3.89. The van der Waals surface area contributed by atoms with E-state index in [1.807, 2.05) is 19.9 Å². The summed E-state index contributed by atoms with van der Waals surface area (Å²) >= 11 is 5.82. The number of sulfonamides is 1. The number of hydrogen-bond donors (Lipinski definition) is 1. The fourth-order valence-electron chi connectivity index (χ4n) is 2.78. The number of rotatable bonds is 6. The molecule has 0 saturated carbocycles. The minimum atomic E-state index is -3.87. The number of carbonyl (C=O) groups is 1. The third-order valence-corrected chi connectivity index (χ3v) is 6.61. The summed E-state index contributed by atoms with van der Waals surface area (Å²) in [6.07, 6.45) is 0. The van der Waals surface area contributed by atoms with E-state index < -0.39 is 22.0 Å². The number of ether oxygens (including phenoxy) is 1. The van der Waals surface area contributed by atoms with E-state index in [0.717, 1.165) is 16.7 Å². The molecule has 2 rings (SSSR count). The van der Waals surface area contributed by atoms with E-state index in [1.54, 1.807) is 38.1 Å². The van der Waals surface area contributed by atoms with Crippen LogP contribution in [0.4, 0.5) is 0 Å². The first-order chi connectivity index (χ1) is 12.5. The monoisotopic (exact) mass is 409 g/mol. The standard InChI is InChI=1S/C20H24ClNO4S/c1-12-10-13(2)15(4)19(14(12)3)27(24,25)22-16(5)20(23)26-11-17-6-8-18(21)9-7-17/h6-10,16,22H,11H2,1-5H3/t16-/m0/s1. The molecule has 0 aliphatic rings. The molecule has 0 amide bonds. The molecular formula is C20H24ClNO4S. The molecule has 2 aromatic carbocycles. The lowest BCUT2D eigenvalue weighted by Crippen LogP contribution is -2.40. The molecule has 1 atom stereocenters. The molecule has 0 aromatic heterocycles. The zero-order chi connectivity index (χ0) is 20.4. The number of carbonyl (C=O) groups excluding carboxylic acids is 1. The van der Waals surface area contributed by atoms with Gasteiger partial charge in [0.2, 0.25) is 10.0 Å². The van der Waals surface area contributed by atoms with Gasteiger partial charge in [-0.1, -0.05) is 29.8 Å². The molecule has 0 saturated heterocycles. The minimum absolute atomic E-state index is 0.0453. The largest absolute Gasteiger partial charge is 0.460 e. The fourth-order valence-corrected chi connectivity index (χ4v) is 4.72. The molecule has 2 aromatic rings. The van der Waals surface area contributed by atoms with Crippen molar-refractivity contribution < 1.29 is 17.9 Å². The Morgan fingerprint density at radius 3 is 2.11 bits per heavy atom. The Kier molecular flexibility index (Phi) is 6.68. The van der Waals surface area contributed by atoms with Crippen LogP contribution in [0.3, 0.4) is 0 Å². The van der Waals surface area contributed by atoms with Crippen molar-refractivity contribution in [1.29, 1.82) is 0 Å². The van der Waals surface area contributed by atoms with Crippen LogP contribution in [0.2, 0.25) is 5.02 Å². The highest BCUT2D eigenvalue weighted by atomic mass is 35.5. The third-order valence-electron chi connectivity index (χ3n) is 4.55. The van der Waals surface area contributed by atoms with Gasteiger partial charge in [-0.15, -0.1) is 0 Å². The lowest BCUT2D eigenvalue weighted by molar-refractivity contribution is -0.146. The van der Waals surface area contributed by atoms with E-state index in [0.29, 0.717) is 16.1 Å². The van der Waals surface area contributed by atoms with Gasteiger partial charge >= 0.3 is 5.97 Å². The Morgan fingerprint density at radius 1 is 1.07 bits per heavy atom. The first kappa shape index (κ1) is 21.4. The topological polar surface area (TPSA) is 72.5 Å². The first-order valence-corrected chi connectivity index (χ1v) is 10.4. The van der Waals surface area contributed by atoms with Crippen LogP contribution in [0.25, 0.3) is 0 Å². The predicted octanol–water partition coefficient (Wildman–Crippen LogP) is 3.98.